The zero-order valence-corrected chi connectivity index (χ0v) is 15.9. The van der Waals surface area contributed by atoms with Gasteiger partial charge in [-0.05, 0) is 38.5 Å². The molecular formula is C15H32IN3O. The molecule has 0 atom stereocenters. The van der Waals surface area contributed by atoms with Crippen molar-refractivity contribution >= 4 is 29.9 Å². The summed E-state index contributed by atoms with van der Waals surface area (Å²) in [7, 11) is 0. The molecule has 0 spiro atoms. The minimum absolute atomic E-state index is 0. The van der Waals surface area contributed by atoms with Crippen LogP contribution >= 0.6 is 24.0 Å². The van der Waals surface area contributed by atoms with Crippen LogP contribution in [0.15, 0.2) is 4.99 Å². The Balaban J connectivity index is 0.00000361. The zero-order chi connectivity index (χ0) is 14.1. The molecule has 0 aromatic rings. The van der Waals surface area contributed by atoms with Crippen molar-refractivity contribution in [3.05, 3.63) is 0 Å². The van der Waals surface area contributed by atoms with Crippen LogP contribution in [0.1, 0.15) is 47.0 Å². The van der Waals surface area contributed by atoms with Crippen molar-refractivity contribution in [2.45, 2.75) is 47.0 Å². The number of hydrogen-bond acceptors (Lipinski definition) is 2. The quantitative estimate of drug-likeness (QED) is 0.311. The second-order valence-corrected chi connectivity index (χ2v) is 5.98. The molecule has 0 aliphatic carbocycles. The molecule has 1 saturated heterocycles. The van der Waals surface area contributed by atoms with Crippen molar-refractivity contribution in [2.24, 2.45) is 10.4 Å². The summed E-state index contributed by atoms with van der Waals surface area (Å²) in [5.41, 5.74) is 0.422. The van der Waals surface area contributed by atoms with E-state index in [0.29, 0.717) is 5.41 Å². The van der Waals surface area contributed by atoms with Gasteiger partial charge in [0.1, 0.15) is 0 Å². The Labute approximate surface area is 141 Å². The minimum Gasteiger partial charge on any atom is -0.382 e. The van der Waals surface area contributed by atoms with E-state index in [9.17, 15) is 0 Å². The highest BCUT2D eigenvalue weighted by molar-refractivity contribution is 14.0. The van der Waals surface area contributed by atoms with Gasteiger partial charge in [0, 0.05) is 39.4 Å². The monoisotopic (exact) mass is 397 g/mol. The van der Waals surface area contributed by atoms with Crippen molar-refractivity contribution < 1.29 is 4.74 Å². The van der Waals surface area contributed by atoms with E-state index in [0.717, 1.165) is 58.2 Å². The fraction of sp³-hybridized carbons (Fsp3) is 0.933. The van der Waals surface area contributed by atoms with Gasteiger partial charge >= 0.3 is 0 Å². The average Bonchev–Trinajstić information content (AvgIpc) is 2.72. The molecule has 0 unspecified atom stereocenters. The number of nitrogens with one attached hydrogen (secondary N) is 1. The third-order valence-corrected chi connectivity index (χ3v) is 3.47. The van der Waals surface area contributed by atoms with E-state index in [-0.39, 0.29) is 24.0 Å². The van der Waals surface area contributed by atoms with Crippen LogP contribution in [0.3, 0.4) is 0 Å². The van der Waals surface area contributed by atoms with Gasteiger partial charge in [0.2, 0.25) is 0 Å². The van der Waals surface area contributed by atoms with Crippen molar-refractivity contribution in [1.82, 2.24) is 10.2 Å². The highest BCUT2D eigenvalue weighted by atomic mass is 127. The van der Waals surface area contributed by atoms with Crippen LogP contribution in [0, 0.1) is 5.41 Å². The Morgan fingerprint density at radius 3 is 2.60 bits per heavy atom. The molecule has 1 heterocycles. The number of nitrogens with zero attached hydrogens (tertiary/aromatic N) is 2. The molecule has 1 aliphatic heterocycles. The molecule has 1 rings (SSSR count). The number of rotatable bonds is 7. The summed E-state index contributed by atoms with van der Waals surface area (Å²) < 4.78 is 5.34. The zero-order valence-electron chi connectivity index (χ0n) is 13.6. The third kappa shape index (κ3) is 7.67. The molecule has 0 aromatic carbocycles. The van der Waals surface area contributed by atoms with Gasteiger partial charge in [-0.25, -0.2) is 0 Å². The largest absolute Gasteiger partial charge is 0.382 e. The van der Waals surface area contributed by atoms with Crippen molar-refractivity contribution in [3.63, 3.8) is 0 Å². The summed E-state index contributed by atoms with van der Waals surface area (Å²) in [5.74, 6) is 1.09. The smallest absolute Gasteiger partial charge is 0.193 e. The molecule has 1 N–H and O–H groups in total. The molecule has 1 aliphatic rings. The summed E-state index contributed by atoms with van der Waals surface area (Å²) in [5, 5.41) is 3.41. The molecule has 0 aromatic heterocycles. The minimum atomic E-state index is 0. The topological polar surface area (TPSA) is 36.9 Å². The van der Waals surface area contributed by atoms with Gasteiger partial charge < -0.3 is 15.0 Å². The normalized spacial score (nSPS) is 18.0. The Bertz CT molecular complexity index is 282. The fourth-order valence-corrected chi connectivity index (χ4v) is 2.36. The lowest BCUT2D eigenvalue weighted by molar-refractivity contribution is 0.144. The summed E-state index contributed by atoms with van der Waals surface area (Å²) in [6.45, 7) is 14.6. The highest BCUT2D eigenvalue weighted by Gasteiger charge is 2.30. The number of likely N-dealkylation sites (tertiary alicyclic amines) is 1. The molecule has 0 amide bonds. The Hall–Kier alpha value is -0.0400. The Morgan fingerprint density at radius 1 is 1.30 bits per heavy atom. The maximum absolute atomic E-state index is 5.34. The molecular weight excluding hydrogens is 365 g/mol. The molecule has 0 bridgehead atoms. The third-order valence-electron chi connectivity index (χ3n) is 3.47. The number of aliphatic imine (C=N–C) groups is 1. The van der Waals surface area contributed by atoms with Crippen LogP contribution in [0.5, 0.6) is 0 Å². The highest BCUT2D eigenvalue weighted by Crippen LogP contribution is 2.28. The molecule has 4 nitrogen and oxygen atoms in total. The van der Waals surface area contributed by atoms with Gasteiger partial charge in [0.05, 0.1) is 0 Å². The summed E-state index contributed by atoms with van der Waals surface area (Å²) in [4.78, 5) is 7.13. The fourth-order valence-electron chi connectivity index (χ4n) is 2.36. The summed E-state index contributed by atoms with van der Waals surface area (Å²) in [6.07, 6.45) is 3.45. The number of hydrogen-bond donors (Lipinski definition) is 1. The molecule has 5 heteroatoms. The van der Waals surface area contributed by atoms with Gasteiger partial charge in [0.25, 0.3) is 0 Å². The van der Waals surface area contributed by atoms with Gasteiger partial charge in [-0.2, -0.15) is 0 Å². The van der Waals surface area contributed by atoms with E-state index in [2.05, 4.69) is 31.0 Å². The Morgan fingerprint density at radius 2 is 2.05 bits per heavy atom. The Kier molecular flexibility index (Phi) is 10.6. The second kappa shape index (κ2) is 10.7. The van der Waals surface area contributed by atoms with Gasteiger partial charge in [0.15, 0.2) is 5.96 Å². The first-order valence-corrected chi connectivity index (χ1v) is 7.70. The van der Waals surface area contributed by atoms with E-state index < -0.39 is 0 Å². The van der Waals surface area contributed by atoms with E-state index in [1.54, 1.807) is 0 Å². The first-order chi connectivity index (χ1) is 9.09. The summed E-state index contributed by atoms with van der Waals surface area (Å²) >= 11 is 0. The average molecular weight is 397 g/mol. The number of halogens is 1. The first kappa shape index (κ1) is 20.0. The lowest BCUT2D eigenvalue weighted by Gasteiger charge is -2.23. The van der Waals surface area contributed by atoms with Gasteiger partial charge in [-0.3, -0.25) is 4.99 Å². The molecule has 120 valence electrons. The van der Waals surface area contributed by atoms with E-state index in [1.165, 1.54) is 6.42 Å². The van der Waals surface area contributed by atoms with Crippen molar-refractivity contribution in [3.8, 4) is 0 Å². The predicted molar refractivity (Wildman–Crippen MR) is 97.1 cm³/mol. The molecule has 1 fully saturated rings. The number of guanidine groups is 1. The van der Waals surface area contributed by atoms with Gasteiger partial charge in [-0.15, -0.1) is 24.0 Å². The standard InChI is InChI=1S/C15H31N3O.HI/c1-5-16-14(17-10-7-8-12-19-6-2)18-11-9-15(3,4)13-18;/h5-13H2,1-4H3,(H,16,17);1H. The lowest BCUT2D eigenvalue weighted by Crippen LogP contribution is -2.40. The van der Waals surface area contributed by atoms with Crippen LogP contribution in [0.4, 0.5) is 0 Å². The number of unbranched alkanes of at least 4 members (excludes halogenated alkanes) is 1. The van der Waals surface area contributed by atoms with Crippen LogP contribution in [-0.4, -0.2) is 50.3 Å². The summed E-state index contributed by atoms with van der Waals surface area (Å²) in [6, 6.07) is 0. The maximum atomic E-state index is 5.34. The van der Waals surface area contributed by atoms with E-state index in [1.807, 2.05) is 6.92 Å². The molecule has 0 radical (unpaired) electrons. The van der Waals surface area contributed by atoms with Crippen molar-refractivity contribution in [2.75, 3.05) is 39.4 Å². The lowest BCUT2D eigenvalue weighted by atomic mass is 9.93. The first-order valence-electron chi connectivity index (χ1n) is 7.70. The predicted octanol–water partition coefficient (Wildman–Crippen LogP) is 3.12. The molecule has 20 heavy (non-hydrogen) atoms. The molecule has 0 saturated carbocycles. The maximum Gasteiger partial charge on any atom is 0.193 e. The SMILES string of the molecule is CCNC(=NCCCCOCC)N1CCC(C)(C)C1.I. The van der Waals surface area contributed by atoms with Crippen LogP contribution in [0.2, 0.25) is 0 Å². The number of ether oxygens (including phenoxy) is 1. The van der Waals surface area contributed by atoms with Gasteiger partial charge in [-0.1, -0.05) is 13.8 Å². The second-order valence-electron chi connectivity index (χ2n) is 5.98. The van der Waals surface area contributed by atoms with E-state index in [4.69, 9.17) is 9.73 Å². The van der Waals surface area contributed by atoms with E-state index >= 15 is 0 Å². The van der Waals surface area contributed by atoms with Crippen LogP contribution in [0.25, 0.3) is 0 Å². The van der Waals surface area contributed by atoms with Crippen LogP contribution in [-0.2, 0) is 4.74 Å². The van der Waals surface area contributed by atoms with Crippen LogP contribution < -0.4 is 5.32 Å². The van der Waals surface area contributed by atoms with Crippen molar-refractivity contribution in [1.29, 1.82) is 0 Å².